The molecule has 0 aliphatic carbocycles. The van der Waals surface area contributed by atoms with E-state index in [9.17, 15) is 4.79 Å². The molecule has 1 aromatic carbocycles. The van der Waals surface area contributed by atoms with Gasteiger partial charge in [0, 0.05) is 12.1 Å². The molecule has 15 heavy (non-hydrogen) atoms. The van der Waals surface area contributed by atoms with E-state index >= 15 is 0 Å². The van der Waals surface area contributed by atoms with Crippen molar-refractivity contribution in [3.05, 3.63) is 39.4 Å². The summed E-state index contributed by atoms with van der Waals surface area (Å²) >= 11 is 11.7. The Balaban J connectivity index is 2.31. The second-order valence-corrected chi connectivity index (χ2v) is 4.16. The molecule has 1 N–H and O–H groups in total. The zero-order valence-electron chi connectivity index (χ0n) is 7.89. The molecule has 1 amide bonds. The third-order valence-corrected chi connectivity index (χ3v) is 3.00. The van der Waals surface area contributed by atoms with Crippen LogP contribution < -0.4 is 5.32 Å². The minimum atomic E-state index is 0.000993. The van der Waals surface area contributed by atoms with Crippen LogP contribution in [0.25, 0.3) is 6.08 Å². The second-order valence-electron chi connectivity index (χ2n) is 3.35. The van der Waals surface area contributed by atoms with Crippen LogP contribution >= 0.6 is 23.2 Å². The Kier molecular flexibility index (Phi) is 2.98. The fraction of sp³-hybridized carbons (Fsp3) is 0.182. The fourth-order valence-corrected chi connectivity index (χ4v) is 1.79. The number of carbonyl (C=O) groups is 1. The number of halogens is 2. The fourth-order valence-electron chi connectivity index (χ4n) is 1.48. The lowest BCUT2D eigenvalue weighted by Crippen LogP contribution is -2.13. The van der Waals surface area contributed by atoms with Crippen molar-refractivity contribution >= 4 is 35.2 Å². The minimum absolute atomic E-state index is 0.000993. The average Bonchev–Trinajstić information content (AvgIpc) is 2.59. The standard InChI is InChI=1S/C11H9Cl2NO/c12-9-2-1-7(6-10(9)13)5-8-3-4-14-11(8)15/h1-2,5-6H,3-4H2,(H,14,15). The molecule has 0 bridgehead atoms. The molecule has 0 atom stereocenters. The van der Waals surface area contributed by atoms with Crippen LogP contribution in [0, 0.1) is 0 Å². The molecule has 1 aliphatic rings. The van der Waals surface area contributed by atoms with E-state index in [2.05, 4.69) is 5.32 Å². The lowest BCUT2D eigenvalue weighted by Gasteiger charge is -1.99. The van der Waals surface area contributed by atoms with Crippen LogP contribution in [0.5, 0.6) is 0 Å². The predicted molar refractivity (Wildman–Crippen MR) is 62.1 cm³/mol. The van der Waals surface area contributed by atoms with Crippen molar-refractivity contribution in [2.75, 3.05) is 6.54 Å². The maximum atomic E-state index is 11.3. The minimum Gasteiger partial charge on any atom is -0.352 e. The number of hydrogen-bond acceptors (Lipinski definition) is 1. The molecule has 1 aliphatic heterocycles. The highest BCUT2D eigenvalue weighted by molar-refractivity contribution is 6.42. The van der Waals surface area contributed by atoms with Crippen molar-refractivity contribution in [1.82, 2.24) is 5.32 Å². The molecule has 78 valence electrons. The summed E-state index contributed by atoms with van der Waals surface area (Å²) in [6.07, 6.45) is 2.60. The van der Waals surface area contributed by atoms with Gasteiger partial charge in [-0.15, -0.1) is 0 Å². The van der Waals surface area contributed by atoms with Crippen LogP contribution in [0.2, 0.25) is 10.0 Å². The number of hydrogen-bond donors (Lipinski definition) is 1. The number of rotatable bonds is 1. The molecule has 2 nitrogen and oxygen atoms in total. The van der Waals surface area contributed by atoms with Crippen LogP contribution in [-0.2, 0) is 4.79 Å². The average molecular weight is 242 g/mol. The van der Waals surface area contributed by atoms with E-state index in [1.165, 1.54) is 0 Å². The molecule has 1 aromatic rings. The molecule has 4 heteroatoms. The van der Waals surface area contributed by atoms with Crippen LogP contribution in [-0.4, -0.2) is 12.5 Å². The van der Waals surface area contributed by atoms with E-state index < -0.39 is 0 Å². The van der Waals surface area contributed by atoms with E-state index in [1.807, 2.05) is 12.1 Å². The van der Waals surface area contributed by atoms with E-state index in [0.29, 0.717) is 16.6 Å². The Morgan fingerprint density at radius 2 is 2.07 bits per heavy atom. The van der Waals surface area contributed by atoms with Gasteiger partial charge in [0.25, 0.3) is 0 Å². The highest BCUT2D eigenvalue weighted by atomic mass is 35.5. The van der Waals surface area contributed by atoms with Crippen LogP contribution in [0.15, 0.2) is 23.8 Å². The summed E-state index contributed by atoms with van der Waals surface area (Å²) < 4.78 is 0. The second kappa shape index (κ2) is 4.25. The molecule has 1 saturated heterocycles. The zero-order chi connectivity index (χ0) is 10.8. The molecular weight excluding hydrogens is 233 g/mol. The third-order valence-electron chi connectivity index (χ3n) is 2.26. The van der Waals surface area contributed by atoms with Gasteiger partial charge in [-0.2, -0.15) is 0 Å². The van der Waals surface area contributed by atoms with Gasteiger partial charge in [0.2, 0.25) is 5.91 Å². The Bertz CT molecular complexity index is 440. The normalized spacial score (nSPS) is 18.3. The van der Waals surface area contributed by atoms with Gasteiger partial charge in [0.15, 0.2) is 0 Å². The van der Waals surface area contributed by atoms with Gasteiger partial charge in [-0.1, -0.05) is 29.3 Å². The highest BCUT2D eigenvalue weighted by Gasteiger charge is 2.15. The Labute approximate surface area is 97.9 Å². The first-order valence-electron chi connectivity index (χ1n) is 4.60. The molecule has 0 saturated carbocycles. The quantitative estimate of drug-likeness (QED) is 0.753. The van der Waals surface area contributed by atoms with Gasteiger partial charge >= 0.3 is 0 Å². The summed E-state index contributed by atoms with van der Waals surface area (Å²) in [5.41, 5.74) is 1.69. The summed E-state index contributed by atoms with van der Waals surface area (Å²) in [5, 5.41) is 3.78. The maximum absolute atomic E-state index is 11.3. The summed E-state index contributed by atoms with van der Waals surface area (Å²) in [6, 6.07) is 5.32. The molecule has 0 radical (unpaired) electrons. The van der Waals surface area contributed by atoms with Crippen molar-refractivity contribution in [3.8, 4) is 0 Å². The Morgan fingerprint density at radius 3 is 2.67 bits per heavy atom. The highest BCUT2D eigenvalue weighted by Crippen LogP contribution is 2.24. The van der Waals surface area contributed by atoms with Crippen molar-refractivity contribution in [3.63, 3.8) is 0 Å². The first kappa shape index (κ1) is 10.5. The van der Waals surface area contributed by atoms with Crippen LogP contribution in [0.1, 0.15) is 12.0 Å². The summed E-state index contributed by atoms with van der Waals surface area (Å²) in [7, 11) is 0. The van der Waals surface area contributed by atoms with Crippen molar-refractivity contribution < 1.29 is 4.79 Å². The lowest BCUT2D eigenvalue weighted by atomic mass is 10.1. The third kappa shape index (κ3) is 2.33. The lowest BCUT2D eigenvalue weighted by molar-refractivity contribution is -0.116. The SMILES string of the molecule is O=C1NCCC1=Cc1ccc(Cl)c(Cl)c1. The van der Waals surface area contributed by atoms with Crippen LogP contribution in [0.3, 0.4) is 0 Å². The zero-order valence-corrected chi connectivity index (χ0v) is 9.40. The van der Waals surface area contributed by atoms with Gasteiger partial charge in [0.05, 0.1) is 10.0 Å². The molecule has 0 unspecified atom stereocenters. The summed E-state index contributed by atoms with van der Waals surface area (Å²) in [6.45, 7) is 0.714. The molecule has 2 rings (SSSR count). The Hall–Kier alpha value is -0.990. The molecule has 1 fully saturated rings. The largest absolute Gasteiger partial charge is 0.352 e. The van der Waals surface area contributed by atoms with Gasteiger partial charge in [-0.25, -0.2) is 0 Å². The smallest absolute Gasteiger partial charge is 0.247 e. The van der Waals surface area contributed by atoms with Gasteiger partial charge in [-0.3, -0.25) is 4.79 Å². The van der Waals surface area contributed by atoms with E-state index in [4.69, 9.17) is 23.2 Å². The van der Waals surface area contributed by atoms with Gasteiger partial charge in [0.1, 0.15) is 0 Å². The van der Waals surface area contributed by atoms with Gasteiger partial charge in [-0.05, 0) is 30.2 Å². The van der Waals surface area contributed by atoms with Gasteiger partial charge < -0.3 is 5.32 Å². The van der Waals surface area contributed by atoms with E-state index in [0.717, 1.165) is 17.6 Å². The summed E-state index contributed by atoms with van der Waals surface area (Å²) in [4.78, 5) is 11.3. The number of amides is 1. The Morgan fingerprint density at radius 1 is 1.27 bits per heavy atom. The predicted octanol–water partition coefficient (Wildman–Crippen LogP) is 2.90. The first-order valence-corrected chi connectivity index (χ1v) is 5.36. The first-order chi connectivity index (χ1) is 7.16. The van der Waals surface area contributed by atoms with Crippen molar-refractivity contribution in [2.24, 2.45) is 0 Å². The molecule has 0 aromatic heterocycles. The van der Waals surface area contributed by atoms with Crippen LogP contribution in [0.4, 0.5) is 0 Å². The van der Waals surface area contributed by atoms with Crippen molar-refractivity contribution in [2.45, 2.75) is 6.42 Å². The molecular formula is C11H9Cl2NO. The number of carbonyl (C=O) groups excluding carboxylic acids is 1. The molecule has 0 spiro atoms. The summed E-state index contributed by atoms with van der Waals surface area (Å²) in [5.74, 6) is 0.000993. The monoisotopic (exact) mass is 241 g/mol. The van der Waals surface area contributed by atoms with Crippen molar-refractivity contribution in [1.29, 1.82) is 0 Å². The number of nitrogens with one attached hydrogen (secondary N) is 1. The maximum Gasteiger partial charge on any atom is 0.247 e. The van der Waals surface area contributed by atoms with E-state index in [-0.39, 0.29) is 5.91 Å². The molecule has 1 heterocycles. The van der Waals surface area contributed by atoms with E-state index in [1.54, 1.807) is 12.1 Å². The number of benzene rings is 1. The topological polar surface area (TPSA) is 29.1 Å².